The van der Waals surface area contributed by atoms with Gasteiger partial charge in [0.15, 0.2) is 5.82 Å². The first-order valence-electron chi connectivity index (χ1n) is 6.10. The van der Waals surface area contributed by atoms with E-state index in [-0.39, 0.29) is 0 Å². The van der Waals surface area contributed by atoms with E-state index >= 15 is 0 Å². The van der Waals surface area contributed by atoms with Crippen molar-refractivity contribution in [2.24, 2.45) is 0 Å². The normalized spacial score (nSPS) is 16.5. The minimum Gasteiger partial charge on any atom is -0.399 e. The van der Waals surface area contributed by atoms with Gasteiger partial charge in [0.1, 0.15) is 6.33 Å². The van der Waals surface area contributed by atoms with Crippen LogP contribution in [0.5, 0.6) is 0 Å². The number of nitrogens with zero attached hydrogens (tertiary/aromatic N) is 3. The Balaban J connectivity index is 2.00. The zero-order valence-corrected chi connectivity index (χ0v) is 9.71. The second-order valence-corrected chi connectivity index (χ2v) is 4.63. The molecule has 0 unspecified atom stereocenters. The molecular weight excluding hydrogens is 212 g/mol. The summed E-state index contributed by atoms with van der Waals surface area (Å²) in [5.74, 6) is 0.934. The molecule has 2 aromatic rings. The van der Waals surface area contributed by atoms with Crippen molar-refractivity contribution in [3.8, 4) is 11.4 Å². The lowest BCUT2D eigenvalue weighted by Crippen LogP contribution is -2.05. The highest BCUT2D eigenvalue weighted by molar-refractivity contribution is 5.61. The van der Waals surface area contributed by atoms with Crippen LogP contribution in [-0.4, -0.2) is 14.8 Å². The van der Waals surface area contributed by atoms with Crippen molar-refractivity contribution >= 4 is 5.69 Å². The number of hydrogen-bond donors (Lipinski definition) is 1. The van der Waals surface area contributed by atoms with Gasteiger partial charge in [-0.2, -0.15) is 0 Å². The maximum Gasteiger partial charge on any atom is 0.164 e. The van der Waals surface area contributed by atoms with Crippen LogP contribution in [0.25, 0.3) is 11.4 Å². The second kappa shape index (κ2) is 4.20. The summed E-state index contributed by atoms with van der Waals surface area (Å²) < 4.78 is 2.20. The van der Waals surface area contributed by atoms with Crippen molar-refractivity contribution in [3.63, 3.8) is 0 Å². The molecule has 1 aromatic heterocycles. The summed E-state index contributed by atoms with van der Waals surface area (Å²) >= 11 is 0. The monoisotopic (exact) mass is 228 g/mol. The van der Waals surface area contributed by atoms with Crippen LogP contribution in [0.3, 0.4) is 0 Å². The quantitative estimate of drug-likeness (QED) is 0.804. The standard InChI is InChI=1S/C13H16N4/c14-11-5-3-4-10(8-11)13-16-15-9-17(13)12-6-1-2-7-12/h3-5,8-9,12H,1-2,6-7,14H2. The van der Waals surface area contributed by atoms with Crippen LogP contribution in [0.2, 0.25) is 0 Å². The highest BCUT2D eigenvalue weighted by Crippen LogP contribution is 2.32. The Morgan fingerprint density at radius 2 is 2.06 bits per heavy atom. The van der Waals surface area contributed by atoms with E-state index in [1.54, 1.807) is 0 Å². The van der Waals surface area contributed by atoms with Gasteiger partial charge >= 0.3 is 0 Å². The van der Waals surface area contributed by atoms with E-state index in [4.69, 9.17) is 5.73 Å². The summed E-state index contributed by atoms with van der Waals surface area (Å²) in [5, 5.41) is 8.27. The topological polar surface area (TPSA) is 56.7 Å². The van der Waals surface area contributed by atoms with Crippen LogP contribution < -0.4 is 5.73 Å². The third-order valence-electron chi connectivity index (χ3n) is 3.44. The van der Waals surface area contributed by atoms with E-state index < -0.39 is 0 Å². The van der Waals surface area contributed by atoms with Crippen molar-refractivity contribution in [2.45, 2.75) is 31.7 Å². The smallest absolute Gasteiger partial charge is 0.164 e. The molecule has 0 aliphatic heterocycles. The van der Waals surface area contributed by atoms with Crippen molar-refractivity contribution in [1.29, 1.82) is 0 Å². The Morgan fingerprint density at radius 3 is 2.82 bits per heavy atom. The third kappa shape index (κ3) is 1.90. The molecule has 3 rings (SSSR count). The molecule has 1 heterocycles. The fraction of sp³-hybridized carbons (Fsp3) is 0.385. The average molecular weight is 228 g/mol. The van der Waals surface area contributed by atoms with Gasteiger partial charge < -0.3 is 10.3 Å². The molecule has 17 heavy (non-hydrogen) atoms. The summed E-state index contributed by atoms with van der Waals surface area (Å²) in [6, 6.07) is 8.39. The van der Waals surface area contributed by atoms with Crippen LogP contribution in [0.4, 0.5) is 5.69 Å². The fourth-order valence-corrected chi connectivity index (χ4v) is 2.58. The van der Waals surface area contributed by atoms with Gasteiger partial charge in [0.2, 0.25) is 0 Å². The van der Waals surface area contributed by atoms with Crippen LogP contribution in [0.15, 0.2) is 30.6 Å². The SMILES string of the molecule is Nc1cccc(-c2nncn2C2CCCC2)c1. The summed E-state index contributed by atoms with van der Waals surface area (Å²) in [6.07, 6.45) is 6.91. The Labute approximate surface area is 100 Å². The maximum absolute atomic E-state index is 5.81. The molecule has 0 spiro atoms. The predicted octanol–water partition coefficient (Wildman–Crippen LogP) is 2.64. The zero-order chi connectivity index (χ0) is 11.7. The second-order valence-electron chi connectivity index (χ2n) is 4.63. The maximum atomic E-state index is 5.81. The molecule has 88 valence electrons. The number of nitrogens with two attached hydrogens (primary N) is 1. The first-order chi connectivity index (χ1) is 8.34. The van der Waals surface area contributed by atoms with Gasteiger partial charge in [-0.3, -0.25) is 0 Å². The predicted molar refractivity (Wildman–Crippen MR) is 67.4 cm³/mol. The molecule has 1 aliphatic rings. The number of benzene rings is 1. The summed E-state index contributed by atoms with van der Waals surface area (Å²) in [4.78, 5) is 0. The average Bonchev–Trinajstić information content (AvgIpc) is 3.00. The molecule has 1 aliphatic carbocycles. The number of nitrogen functional groups attached to an aromatic ring is 1. The lowest BCUT2D eigenvalue weighted by Gasteiger charge is -2.13. The highest BCUT2D eigenvalue weighted by atomic mass is 15.3. The Hall–Kier alpha value is -1.84. The molecular formula is C13H16N4. The molecule has 0 saturated heterocycles. The third-order valence-corrected chi connectivity index (χ3v) is 3.44. The zero-order valence-electron chi connectivity index (χ0n) is 9.71. The summed E-state index contributed by atoms with van der Waals surface area (Å²) in [7, 11) is 0. The minimum atomic E-state index is 0.557. The molecule has 4 nitrogen and oxygen atoms in total. The van der Waals surface area contributed by atoms with E-state index in [1.165, 1.54) is 25.7 Å². The summed E-state index contributed by atoms with van der Waals surface area (Å²) in [6.45, 7) is 0. The highest BCUT2D eigenvalue weighted by Gasteiger charge is 2.20. The Morgan fingerprint density at radius 1 is 1.24 bits per heavy atom. The minimum absolute atomic E-state index is 0.557. The molecule has 0 atom stereocenters. The van der Waals surface area contributed by atoms with E-state index in [0.29, 0.717) is 6.04 Å². The molecule has 1 saturated carbocycles. The van der Waals surface area contributed by atoms with Crippen molar-refractivity contribution < 1.29 is 0 Å². The molecule has 4 heteroatoms. The molecule has 1 fully saturated rings. The van der Waals surface area contributed by atoms with Crippen LogP contribution >= 0.6 is 0 Å². The van der Waals surface area contributed by atoms with Crippen molar-refractivity contribution in [1.82, 2.24) is 14.8 Å². The Bertz CT molecular complexity index is 512. The number of hydrogen-bond acceptors (Lipinski definition) is 3. The first-order valence-corrected chi connectivity index (χ1v) is 6.10. The van der Waals surface area contributed by atoms with E-state index in [0.717, 1.165) is 17.1 Å². The van der Waals surface area contributed by atoms with E-state index in [9.17, 15) is 0 Å². The van der Waals surface area contributed by atoms with E-state index in [1.807, 2.05) is 30.6 Å². The van der Waals surface area contributed by atoms with Crippen molar-refractivity contribution in [2.75, 3.05) is 5.73 Å². The van der Waals surface area contributed by atoms with Crippen LogP contribution in [0.1, 0.15) is 31.7 Å². The number of anilines is 1. The summed E-state index contributed by atoms with van der Waals surface area (Å²) in [5.41, 5.74) is 7.63. The molecule has 0 bridgehead atoms. The molecule has 0 amide bonds. The van der Waals surface area contributed by atoms with Gasteiger partial charge in [0.25, 0.3) is 0 Å². The van der Waals surface area contributed by atoms with Gasteiger partial charge in [0, 0.05) is 17.3 Å². The van der Waals surface area contributed by atoms with Gasteiger partial charge in [-0.25, -0.2) is 0 Å². The van der Waals surface area contributed by atoms with Gasteiger partial charge in [-0.1, -0.05) is 25.0 Å². The van der Waals surface area contributed by atoms with E-state index in [2.05, 4.69) is 14.8 Å². The fourth-order valence-electron chi connectivity index (χ4n) is 2.58. The van der Waals surface area contributed by atoms with Crippen molar-refractivity contribution in [3.05, 3.63) is 30.6 Å². The number of aromatic nitrogens is 3. The molecule has 2 N–H and O–H groups in total. The Kier molecular flexibility index (Phi) is 2.55. The largest absolute Gasteiger partial charge is 0.399 e. The van der Waals surface area contributed by atoms with Crippen LogP contribution in [-0.2, 0) is 0 Å². The van der Waals surface area contributed by atoms with Crippen LogP contribution in [0, 0.1) is 0 Å². The van der Waals surface area contributed by atoms with Gasteiger partial charge in [-0.15, -0.1) is 10.2 Å². The molecule has 1 aromatic carbocycles. The van der Waals surface area contributed by atoms with Gasteiger partial charge in [0.05, 0.1) is 0 Å². The molecule has 0 radical (unpaired) electrons. The lowest BCUT2D eigenvalue weighted by molar-refractivity contribution is 0.522. The lowest BCUT2D eigenvalue weighted by atomic mass is 10.1. The first kappa shape index (κ1) is 10.3. The number of rotatable bonds is 2. The van der Waals surface area contributed by atoms with Gasteiger partial charge in [-0.05, 0) is 25.0 Å².